The number of morpholine rings is 1. The first-order chi connectivity index (χ1) is 10.0. The van der Waals surface area contributed by atoms with E-state index in [4.69, 9.17) is 9.47 Å². The highest BCUT2D eigenvalue weighted by atomic mass is 16.5. The summed E-state index contributed by atoms with van der Waals surface area (Å²) in [5, 5.41) is 0. The van der Waals surface area contributed by atoms with Crippen LogP contribution >= 0.6 is 0 Å². The Hall–Kier alpha value is -1.39. The van der Waals surface area contributed by atoms with Gasteiger partial charge in [0.1, 0.15) is 5.75 Å². The van der Waals surface area contributed by atoms with Gasteiger partial charge in [-0.3, -0.25) is 9.69 Å². The first-order valence-electron chi connectivity index (χ1n) is 7.66. The molecule has 1 aliphatic rings. The van der Waals surface area contributed by atoms with Crippen molar-refractivity contribution in [1.29, 1.82) is 0 Å². The van der Waals surface area contributed by atoms with E-state index in [0.29, 0.717) is 24.4 Å². The first kappa shape index (κ1) is 16.0. The standard InChI is InChI=1S/C17H25NO3/c1-13-11-18(12-14(2)21-13)8-5-9-20-17-7-4-6-16(10-17)15(3)19/h4,6-7,10,13-14H,5,8-9,11-12H2,1-3H3/t13-,14-/m0/s1. The molecule has 1 aromatic rings. The van der Waals surface area contributed by atoms with Crippen LogP contribution in [0.5, 0.6) is 5.75 Å². The number of ketones is 1. The van der Waals surface area contributed by atoms with Crippen LogP contribution in [0.25, 0.3) is 0 Å². The fourth-order valence-electron chi connectivity index (χ4n) is 2.75. The lowest BCUT2D eigenvalue weighted by molar-refractivity contribution is -0.0686. The van der Waals surface area contributed by atoms with E-state index in [1.54, 1.807) is 13.0 Å². The summed E-state index contributed by atoms with van der Waals surface area (Å²) in [5.74, 6) is 0.836. The average molecular weight is 291 g/mol. The zero-order valence-electron chi connectivity index (χ0n) is 13.2. The number of hydrogen-bond acceptors (Lipinski definition) is 4. The Morgan fingerprint density at radius 1 is 1.33 bits per heavy atom. The van der Waals surface area contributed by atoms with Crippen LogP contribution in [-0.4, -0.2) is 49.1 Å². The van der Waals surface area contributed by atoms with Crippen LogP contribution < -0.4 is 4.74 Å². The Kier molecular flexibility index (Phi) is 5.76. The second-order valence-corrected chi connectivity index (χ2v) is 5.80. The van der Waals surface area contributed by atoms with Gasteiger partial charge in [-0.2, -0.15) is 0 Å². The maximum absolute atomic E-state index is 11.3. The molecular formula is C17H25NO3. The fourth-order valence-corrected chi connectivity index (χ4v) is 2.75. The number of carbonyl (C=O) groups excluding carboxylic acids is 1. The third-order valence-corrected chi connectivity index (χ3v) is 3.62. The lowest BCUT2D eigenvalue weighted by atomic mass is 10.1. The van der Waals surface area contributed by atoms with Crippen LogP contribution in [-0.2, 0) is 4.74 Å². The van der Waals surface area contributed by atoms with Gasteiger partial charge in [0.25, 0.3) is 0 Å². The van der Waals surface area contributed by atoms with Gasteiger partial charge in [0.2, 0.25) is 0 Å². The molecule has 0 aliphatic carbocycles. The molecular weight excluding hydrogens is 266 g/mol. The molecule has 2 atom stereocenters. The van der Waals surface area contributed by atoms with E-state index in [-0.39, 0.29) is 5.78 Å². The predicted octanol–water partition coefficient (Wildman–Crippen LogP) is 2.77. The summed E-state index contributed by atoms with van der Waals surface area (Å²) >= 11 is 0. The van der Waals surface area contributed by atoms with Gasteiger partial charge in [0.05, 0.1) is 18.8 Å². The lowest BCUT2D eigenvalue weighted by Crippen LogP contribution is -2.45. The highest BCUT2D eigenvalue weighted by Gasteiger charge is 2.21. The van der Waals surface area contributed by atoms with Gasteiger partial charge in [-0.05, 0) is 39.3 Å². The second kappa shape index (κ2) is 7.57. The minimum Gasteiger partial charge on any atom is -0.494 e. The molecule has 1 fully saturated rings. The minimum atomic E-state index is 0.0664. The maximum atomic E-state index is 11.3. The molecule has 0 spiro atoms. The third-order valence-electron chi connectivity index (χ3n) is 3.62. The van der Waals surface area contributed by atoms with Crippen molar-refractivity contribution in [2.75, 3.05) is 26.2 Å². The van der Waals surface area contributed by atoms with Crippen molar-refractivity contribution in [2.24, 2.45) is 0 Å². The summed E-state index contributed by atoms with van der Waals surface area (Å²) in [6.07, 6.45) is 1.59. The van der Waals surface area contributed by atoms with Crippen LogP contribution in [0.4, 0.5) is 0 Å². The molecule has 0 amide bonds. The van der Waals surface area contributed by atoms with Crippen molar-refractivity contribution in [3.05, 3.63) is 29.8 Å². The van der Waals surface area contributed by atoms with E-state index in [1.807, 2.05) is 18.2 Å². The second-order valence-electron chi connectivity index (χ2n) is 5.80. The molecule has 4 heteroatoms. The Morgan fingerprint density at radius 3 is 2.71 bits per heavy atom. The molecule has 0 bridgehead atoms. The summed E-state index contributed by atoms with van der Waals surface area (Å²) in [7, 11) is 0. The Morgan fingerprint density at radius 2 is 2.05 bits per heavy atom. The summed E-state index contributed by atoms with van der Waals surface area (Å²) in [5.41, 5.74) is 0.698. The Bertz CT molecular complexity index is 465. The van der Waals surface area contributed by atoms with Gasteiger partial charge >= 0.3 is 0 Å². The van der Waals surface area contributed by atoms with Crippen molar-refractivity contribution >= 4 is 5.78 Å². The minimum absolute atomic E-state index is 0.0664. The van der Waals surface area contributed by atoms with Crippen molar-refractivity contribution < 1.29 is 14.3 Å². The number of carbonyl (C=O) groups is 1. The van der Waals surface area contributed by atoms with Crippen LogP contribution in [0, 0.1) is 0 Å². The molecule has 0 aromatic heterocycles. The van der Waals surface area contributed by atoms with Gasteiger partial charge in [0, 0.05) is 25.2 Å². The van der Waals surface area contributed by atoms with E-state index in [0.717, 1.165) is 31.8 Å². The molecule has 0 saturated carbocycles. The van der Waals surface area contributed by atoms with E-state index in [1.165, 1.54) is 0 Å². The number of ether oxygens (including phenoxy) is 2. The number of nitrogens with zero attached hydrogens (tertiary/aromatic N) is 1. The quantitative estimate of drug-likeness (QED) is 0.597. The number of benzene rings is 1. The van der Waals surface area contributed by atoms with Crippen molar-refractivity contribution in [3.63, 3.8) is 0 Å². The maximum Gasteiger partial charge on any atom is 0.159 e. The van der Waals surface area contributed by atoms with Crippen LogP contribution in [0.2, 0.25) is 0 Å². The Labute approximate surface area is 127 Å². The average Bonchev–Trinajstić information content (AvgIpc) is 2.43. The molecule has 1 aliphatic heterocycles. The molecule has 116 valence electrons. The van der Waals surface area contributed by atoms with Crippen LogP contribution in [0.15, 0.2) is 24.3 Å². The molecule has 0 N–H and O–H groups in total. The van der Waals surface area contributed by atoms with Crippen molar-refractivity contribution in [1.82, 2.24) is 4.90 Å². The normalized spacial score (nSPS) is 23.0. The van der Waals surface area contributed by atoms with Gasteiger partial charge in [-0.15, -0.1) is 0 Å². The van der Waals surface area contributed by atoms with Gasteiger partial charge in [0.15, 0.2) is 5.78 Å². The summed E-state index contributed by atoms with van der Waals surface area (Å²) in [6, 6.07) is 7.37. The van der Waals surface area contributed by atoms with Crippen molar-refractivity contribution in [2.45, 2.75) is 39.4 Å². The van der Waals surface area contributed by atoms with E-state index in [2.05, 4.69) is 18.7 Å². The molecule has 0 radical (unpaired) electrons. The molecule has 4 nitrogen and oxygen atoms in total. The smallest absolute Gasteiger partial charge is 0.159 e. The summed E-state index contributed by atoms with van der Waals surface area (Å²) in [4.78, 5) is 13.7. The lowest BCUT2D eigenvalue weighted by Gasteiger charge is -2.35. The highest BCUT2D eigenvalue weighted by molar-refractivity contribution is 5.94. The number of hydrogen-bond donors (Lipinski definition) is 0. The van der Waals surface area contributed by atoms with Gasteiger partial charge < -0.3 is 9.47 Å². The summed E-state index contributed by atoms with van der Waals surface area (Å²) in [6.45, 7) is 9.47. The van der Waals surface area contributed by atoms with Gasteiger partial charge in [-0.1, -0.05) is 12.1 Å². The van der Waals surface area contributed by atoms with Gasteiger partial charge in [-0.25, -0.2) is 0 Å². The van der Waals surface area contributed by atoms with E-state index >= 15 is 0 Å². The Balaban J connectivity index is 1.72. The van der Waals surface area contributed by atoms with Crippen molar-refractivity contribution in [3.8, 4) is 5.75 Å². The zero-order chi connectivity index (χ0) is 15.2. The van der Waals surface area contributed by atoms with Crippen LogP contribution in [0.3, 0.4) is 0 Å². The monoisotopic (exact) mass is 291 g/mol. The van der Waals surface area contributed by atoms with E-state index < -0.39 is 0 Å². The van der Waals surface area contributed by atoms with E-state index in [9.17, 15) is 4.79 Å². The SMILES string of the molecule is CC(=O)c1cccc(OCCCN2C[C@H](C)O[C@@H](C)C2)c1. The largest absolute Gasteiger partial charge is 0.494 e. The zero-order valence-corrected chi connectivity index (χ0v) is 13.2. The molecule has 2 rings (SSSR count). The predicted molar refractivity (Wildman–Crippen MR) is 83.0 cm³/mol. The number of rotatable bonds is 6. The molecule has 21 heavy (non-hydrogen) atoms. The highest BCUT2D eigenvalue weighted by Crippen LogP contribution is 2.15. The molecule has 1 aromatic carbocycles. The number of Topliss-reactive ketones (excluding diaryl/α,β-unsaturated/α-hetero) is 1. The first-order valence-corrected chi connectivity index (χ1v) is 7.66. The molecule has 1 heterocycles. The summed E-state index contributed by atoms with van der Waals surface area (Å²) < 4.78 is 11.5. The van der Waals surface area contributed by atoms with Crippen LogP contribution in [0.1, 0.15) is 37.6 Å². The molecule has 1 saturated heterocycles. The topological polar surface area (TPSA) is 38.8 Å². The third kappa shape index (κ3) is 5.14. The molecule has 0 unspecified atom stereocenters. The fraction of sp³-hybridized carbons (Fsp3) is 0.588.